The second-order valence-corrected chi connectivity index (χ2v) is 6.02. The maximum Gasteiger partial charge on any atom is 0.0762 e. The van der Waals surface area contributed by atoms with Gasteiger partial charge in [0.1, 0.15) is 0 Å². The summed E-state index contributed by atoms with van der Waals surface area (Å²) in [5.41, 5.74) is 2.05. The third-order valence-electron chi connectivity index (χ3n) is 3.65. The number of benzene rings is 1. The minimum absolute atomic E-state index is 0.184. The number of aliphatic hydroxyl groups is 2. The van der Waals surface area contributed by atoms with Crippen molar-refractivity contribution in [1.82, 2.24) is 0 Å². The Morgan fingerprint density at radius 2 is 2.17 bits per heavy atom. The molecule has 3 unspecified atom stereocenters. The molecule has 1 aromatic carbocycles. The summed E-state index contributed by atoms with van der Waals surface area (Å²) in [5, 5.41) is 19.3. The molecule has 1 aromatic rings. The predicted molar refractivity (Wildman–Crippen MR) is 76.8 cm³/mol. The Morgan fingerprint density at radius 3 is 2.72 bits per heavy atom. The zero-order valence-corrected chi connectivity index (χ0v) is 12.4. The van der Waals surface area contributed by atoms with Crippen LogP contribution in [0.5, 0.6) is 0 Å². The zero-order chi connectivity index (χ0) is 13.3. The summed E-state index contributed by atoms with van der Waals surface area (Å²) in [6.07, 6.45) is 0.181. The lowest BCUT2D eigenvalue weighted by Crippen LogP contribution is -2.42. The summed E-state index contributed by atoms with van der Waals surface area (Å²) >= 11 is 3.57. The minimum atomic E-state index is -0.447. The molecule has 4 heteroatoms. The maximum atomic E-state index is 9.76. The van der Waals surface area contributed by atoms with Gasteiger partial charge in [0.25, 0.3) is 0 Å². The molecule has 1 aliphatic heterocycles. The van der Waals surface area contributed by atoms with Crippen LogP contribution >= 0.6 is 15.9 Å². The maximum absolute atomic E-state index is 9.76. The molecule has 1 saturated heterocycles. The Kier molecular flexibility index (Phi) is 4.30. The zero-order valence-electron chi connectivity index (χ0n) is 10.8. The van der Waals surface area contributed by atoms with Gasteiger partial charge in [-0.05, 0) is 52.9 Å². The molecule has 0 amide bonds. The van der Waals surface area contributed by atoms with Crippen LogP contribution in [0.2, 0.25) is 0 Å². The monoisotopic (exact) mass is 313 g/mol. The number of piperidine rings is 1. The van der Waals surface area contributed by atoms with Crippen LogP contribution in [-0.4, -0.2) is 29.4 Å². The fourth-order valence-electron chi connectivity index (χ4n) is 2.39. The summed E-state index contributed by atoms with van der Waals surface area (Å²) in [7, 11) is 0. The fourth-order valence-corrected chi connectivity index (χ4v) is 3.04. The molecule has 0 saturated carbocycles. The first-order chi connectivity index (χ1) is 8.49. The van der Waals surface area contributed by atoms with Crippen LogP contribution in [0.15, 0.2) is 22.7 Å². The molecule has 1 heterocycles. The van der Waals surface area contributed by atoms with Gasteiger partial charge < -0.3 is 15.1 Å². The number of anilines is 1. The molecule has 100 valence electrons. The Morgan fingerprint density at radius 1 is 1.44 bits per heavy atom. The third-order valence-corrected chi connectivity index (χ3v) is 4.29. The van der Waals surface area contributed by atoms with Gasteiger partial charge in [-0.25, -0.2) is 0 Å². The molecular weight excluding hydrogens is 294 g/mol. The lowest BCUT2D eigenvalue weighted by molar-refractivity contribution is 0.0970. The first kappa shape index (κ1) is 13.8. The number of nitrogens with zero attached hydrogens (tertiary/aromatic N) is 1. The highest BCUT2D eigenvalue weighted by Crippen LogP contribution is 2.32. The van der Waals surface area contributed by atoms with E-state index in [0.717, 1.165) is 35.2 Å². The van der Waals surface area contributed by atoms with Crippen LogP contribution in [0.4, 0.5) is 5.69 Å². The first-order valence-electron chi connectivity index (χ1n) is 6.39. The van der Waals surface area contributed by atoms with E-state index in [1.54, 1.807) is 6.92 Å². The topological polar surface area (TPSA) is 43.7 Å². The van der Waals surface area contributed by atoms with Crippen molar-refractivity contribution >= 4 is 21.6 Å². The van der Waals surface area contributed by atoms with E-state index in [2.05, 4.69) is 27.8 Å². The predicted octanol–water partition coefficient (Wildman–Crippen LogP) is 2.71. The molecular formula is C14H20BrNO2. The highest BCUT2D eigenvalue weighted by molar-refractivity contribution is 9.10. The average Bonchev–Trinajstić information content (AvgIpc) is 2.32. The number of hydrogen-bond donors (Lipinski definition) is 2. The van der Waals surface area contributed by atoms with Gasteiger partial charge in [0.2, 0.25) is 0 Å². The molecule has 2 N–H and O–H groups in total. The second-order valence-electron chi connectivity index (χ2n) is 5.17. The van der Waals surface area contributed by atoms with Crippen LogP contribution in [0.1, 0.15) is 31.9 Å². The van der Waals surface area contributed by atoms with E-state index in [1.165, 1.54) is 0 Å². The van der Waals surface area contributed by atoms with E-state index < -0.39 is 6.10 Å². The summed E-state index contributed by atoms with van der Waals surface area (Å²) in [6, 6.07) is 5.96. The lowest BCUT2D eigenvalue weighted by Gasteiger charge is -2.36. The lowest BCUT2D eigenvalue weighted by atomic mass is 9.96. The van der Waals surface area contributed by atoms with E-state index in [-0.39, 0.29) is 6.10 Å². The first-order valence-corrected chi connectivity index (χ1v) is 7.19. The van der Waals surface area contributed by atoms with Gasteiger partial charge in [-0.1, -0.05) is 13.0 Å². The van der Waals surface area contributed by atoms with Gasteiger partial charge in [-0.2, -0.15) is 0 Å². The smallest absolute Gasteiger partial charge is 0.0762 e. The molecule has 0 bridgehead atoms. The van der Waals surface area contributed by atoms with E-state index >= 15 is 0 Å². The number of halogens is 1. The summed E-state index contributed by atoms with van der Waals surface area (Å²) in [4.78, 5) is 2.29. The molecule has 3 atom stereocenters. The van der Waals surface area contributed by atoms with Crippen LogP contribution in [-0.2, 0) is 0 Å². The van der Waals surface area contributed by atoms with Crippen molar-refractivity contribution in [2.45, 2.75) is 32.5 Å². The SMILES string of the molecule is CC(O)c1ccc(N2CCC(O)C(C)C2)c(Br)c1. The molecule has 2 rings (SSSR count). The molecule has 0 spiro atoms. The highest BCUT2D eigenvalue weighted by atomic mass is 79.9. The number of rotatable bonds is 2. The normalized spacial score (nSPS) is 26.2. The van der Waals surface area contributed by atoms with Gasteiger partial charge in [-0.3, -0.25) is 0 Å². The number of hydrogen-bond acceptors (Lipinski definition) is 3. The quantitative estimate of drug-likeness (QED) is 0.882. The van der Waals surface area contributed by atoms with Crippen molar-refractivity contribution in [3.8, 4) is 0 Å². The van der Waals surface area contributed by atoms with Gasteiger partial charge >= 0.3 is 0 Å². The molecule has 0 aromatic heterocycles. The van der Waals surface area contributed by atoms with E-state index in [9.17, 15) is 10.2 Å². The van der Waals surface area contributed by atoms with Crippen molar-refractivity contribution in [1.29, 1.82) is 0 Å². The van der Waals surface area contributed by atoms with Crippen molar-refractivity contribution in [2.24, 2.45) is 5.92 Å². The largest absolute Gasteiger partial charge is 0.393 e. The molecule has 1 fully saturated rings. The van der Waals surface area contributed by atoms with Gasteiger partial charge in [0, 0.05) is 17.6 Å². The summed E-state index contributed by atoms with van der Waals surface area (Å²) < 4.78 is 1.00. The standard InChI is InChI=1S/C14H20BrNO2/c1-9-8-16(6-5-14(9)18)13-4-3-11(10(2)17)7-12(13)15/h3-4,7,9-10,14,17-18H,5-6,8H2,1-2H3. The van der Waals surface area contributed by atoms with Gasteiger partial charge in [0.15, 0.2) is 0 Å². The van der Waals surface area contributed by atoms with E-state index in [1.807, 2.05) is 18.2 Å². The minimum Gasteiger partial charge on any atom is -0.393 e. The molecule has 0 radical (unpaired) electrons. The van der Waals surface area contributed by atoms with Crippen LogP contribution in [0, 0.1) is 5.92 Å². The molecule has 18 heavy (non-hydrogen) atoms. The number of aliphatic hydroxyl groups excluding tert-OH is 2. The van der Waals surface area contributed by atoms with Gasteiger partial charge in [0.05, 0.1) is 17.9 Å². The molecule has 1 aliphatic rings. The second kappa shape index (κ2) is 5.59. The highest BCUT2D eigenvalue weighted by Gasteiger charge is 2.25. The van der Waals surface area contributed by atoms with E-state index in [0.29, 0.717) is 5.92 Å². The van der Waals surface area contributed by atoms with Crippen LogP contribution < -0.4 is 4.90 Å². The van der Waals surface area contributed by atoms with Crippen molar-refractivity contribution in [3.63, 3.8) is 0 Å². The van der Waals surface area contributed by atoms with Crippen molar-refractivity contribution in [3.05, 3.63) is 28.2 Å². The molecule has 3 nitrogen and oxygen atoms in total. The van der Waals surface area contributed by atoms with E-state index in [4.69, 9.17) is 0 Å². The average molecular weight is 314 g/mol. The summed E-state index contributed by atoms with van der Waals surface area (Å²) in [6.45, 7) is 5.58. The third kappa shape index (κ3) is 2.87. The Labute approximate surface area is 117 Å². The summed E-state index contributed by atoms with van der Waals surface area (Å²) in [5.74, 6) is 0.294. The van der Waals surface area contributed by atoms with Crippen LogP contribution in [0.3, 0.4) is 0 Å². The molecule has 0 aliphatic carbocycles. The Balaban J connectivity index is 2.19. The van der Waals surface area contributed by atoms with Crippen molar-refractivity contribution < 1.29 is 10.2 Å². The Bertz CT molecular complexity index is 422. The van der Waals surface area contributed by atoms with Crippen molar-refractivity contribution in [2.75, 3.05) is 18.0 Å². The Hall–Kier alpha value is -0.580. The fraction of sp³-hybridized carbons (Fsp3) is 0.571. The van der Waals surface area contributed by atoms with Gasteiger partial charge in [-0.15, -0.1) is 0 Å². The van der Waals surface area contributed by atoms with Crippen LogP contribution in [0.25, 0.3) is 0 Å².